The standard InChI is InChI=1S/C21H36N4O2.2ClH/c1-14-9-15(2)12-25(11-14)18(26)13-23-5-7-24(8-6-23)21(27)19-16-3-4-17(10-16)20(19)22;;/h14-17,19-20H,3-13,22H2,1-2H3;2*1H. The van der Waals surface area contributed by atoms with E-state index in [1.807, 2.05) is 9.80 Å². The van der Waals surface area contributed by atoms with Gasteiger partial charge in [0.2, 0.25) is 11.8 Å². The Morgan fingerprint density at radius 1 is 0.862 bits per heavy atom. The van der Waals surface area contributed by atoms with E-state index in [4.69, 9.17) is 5.73 Å². The Kier molecular flexibility index (Phi) is 8.66. The number of piperidine rings is 1. The summed E-state index contributed by atoms with van der Waals surface area (Å²) in [6.07, 6.45) is 4.75. The molecule has 0 spiro atoms. The number of piperazine rings is 1. The molecule has 8 heteroatoms. The van der Waals surface area contributed by atoms with Crippen molar-refractivity contribution in [1.82, 2.24) is 14.7 Å². The van der Waals surface area contributed by atoms with E-state index in [0.29, 0.717) is 30.2 Å². The molecule has 29 heavy (non-hydrogen) atoms. The van der Waals surface area contributed by atoms with E-state index in [9.17, 15) is 9.59 Å². The van der Waals surface area contributed by atoms with E-state index in [0.717, 1.165) is 45.7 Å². The van der Waals surface area contributed by atoms with E-state index >= 15 is 0 Å². The van der Waals surface area contributed by atoms with Gasteiger partial charge in [0.05, 0.1) is 12.5 Å². The van der Waals surface area contributed by atoms with Crippen LogP contribution in [-0.2, 0) is 9.59 Å². The molecule has 0 radical (unpaired) electrons. The number of halogens is 2. The Labute approximate surface area is 187 Å². The maximum atomic E-state index is 13.0. The molecule has 4 rings (SSSR count). The van der Waals surface area contributed by atoms with E-state index in [1.54, 1.807) is 0 Å². The van der Waals surface area contributed by atoms with Crippen molar-refractivity contribution in [3.05, 3.63) is 0 Å². The lowest BCUT2D eigenvalue weighted by atomic mass is 9.84. The molecular formula is C21H38Cl2N4O2. The van der Waals surface area contributed by atoms with Crippen molar-refractivity contribution in [2.75, 3.05) is 45.8 Å². The quantitative estimate of drug-likeness (QED) is 0.714. The SMILES string of the molecule is CC1CC(C)CN(C(=O)CN2CCN(C(=O)C3C4CCC(C4)C3N)CC2)C1.Cl.Cl. The Morgan fingerprint density at radius 2 is 1.45 bits per heavy atom. The number of rotatable bonds is 3. The topological polar surface area (TPSA) is 69.9 Å². The number of likely N-dealkylation sites (tertiary alicyclic amines) is 1. The molecular weight excluding hydrogens is 411 g/mol. The molecule has 6 atom stereocenters. The number of carbonyl (C=O) groups excluding carboxylic acids is 2. The predicted octanol–water partition coefficient (Wildman–Crippen LogP) is 1.85. The average Bonchev–Trinajstić information content (AvgIpc) is 3.22. The van der Waals surface area contributed by atoms with Crippen LogP contribution < -0.4 is 5.73 Å². The summed E-state index contributed by atoms with van der Waals surface area (Å²) in [6, 6.07) is 0.0685. The van der Waals surface area contributed by atoms with Crippen LogP contribution in [0.25, 0.3) is 0 Å². The fourth-order valence-electron chi connectivity index (χ4n) is 6.20. The highest BCUT2D eigenvalue weighted by atomic mass is 35.5. The molecule has 2 N–H and O–H groups in total. The molecule has 2 aliphatic carbocycles. The molecule has 2 heterocycles. The number of fused-ring (bicyclic) bond motifs is 2. The van der Waals surface area contributed by atoms with Crippen molar-refractivity contribution < 1.29 is 9.59 Å². The van der Waals surface area contributed by atoms with Crippen molar-refractivity contribution in [3.8, 4) is 0 Å². The third kappa shape index (κ3) is 5.20. The van der Waals surface area contributed by atoms with Gasteiger partial charge >= 0.3 is 0 Å². The monoisotopic (exact) mass is 448 g/mol. The molecule has 2 amide bonds. The molecule has 4 aliphatic rings. The van der Waals surface area contributed by atoms with Gasteiger partial charge in [-0.25, -0.2) is 0 Å². The lowest BCUT2D eigenvalue weighted by Crippen LogP contribution is -2.55. The van der Waals surface area contributed by atoms with E-state index < -0.39 is 0 Å². The summed E-state index contributed by atoms with van der Waals surface area (Å²) in [7, 11) is 0. The summed E-state index contributed by atoms with van der Waals surface area (Å²) in [5.41, 5.74) is 6.36. The zero-order valence-corrected chi connectivity index (χ0v) is 19.4. The third-order valence-electron chi connectivity index (χ3n) is 7.53. The first-order valence-electron chi connectivity index (χ1n) is 11.0. The van der Waals surface area contributed by atoms with Crippen molar-refractivity contribution in [1.29, 1.82) is 0 Å². The van der Waals surface area contributed by atoms with Gasteiger partial charge in [0.1, 0.15) is 0 Å². The van der Waals surface area contributed by atoms with Crippen LogP contribution >= 0.6 is 24.8 Å². The molecule has 6 nitrogen and oxygen atoms in total. The van der Waals surface area contributed by atoms with Crippen LogP contribution in [-0.4, -0.2) is 78.4 Å². The molecule has 0 aromatic heterocycles. The Bertz CT molecular complexity index is 573. The minimum Gasteiger partial charge on any atom is -0.341 e. The second-order valence-electron chi connectivity index (χ2n) is 9.78. The number of hydrogen-bond acceptors (Lipinski definition) is 4. The molecule has 0 aromatic carbocycles. The first-order valence-corrected chi connectivity index (χ1v) is 11.0. The summed E-state index contributed by atoms with van der Waals surface area (Å²) in [6.45, 7) is 9.82. The number of nitrogens with two attached hydrogens (primary N) is 1. The number of hydrogen-bond donors (Lipinski definition) is 1. The Morgan fingerprint density at radius 3 is 2.00 bits per heavy atom. The predicted molar refractivity (Wildman–Crippen MR) is 119 cm³/mol. The highest BCUT2D eigenvalue weighted by Crippen LogP contribution is 2.48. The zero-order chi connectivity index (χ0) is 19.1. The smallest absolute Gasteiger partial charge is 0.236 e. The fourth-order valence-corrected chi connectivity index (χ4v) is 6.20. The van der Waals surface area contributed by atoms with Gasteiger partial charge in [-0.15, -0.1) is 24.8 Å². The second-order valence-corrected chi connectivity index (χ2v) is 9.78. The molecule has 0 aromatic rings. The van der Waals surface area contributed by atoms with Gasteiger partial charge in [0, 0.05) is 45.3 Å². The van der Waals surface area contributed by atoms with Crippen LogP contribution in [0.5, 0.6) is 0 Å². The summed E-state index contributed by atoms with van der Waals surface area (Å²) in [5.74, 6) is 2.85. The summed E-state index contributed by atoms with van der Waals surface area (Å²) in [4.78, 5) is 32.0. The van der Waals surface area contributed by atoms with Gasteiger partial charge in [0.15, 0.2) is 0 Å². The average molecular weight is 449 g/mol. The third-order valence-corrected chi connectivity index (χ3v) is 7.53. The van der Waals surface area contributed by atoms with Gasteiger partial charge in [-0.2, -0.15) is 0 Å². The highest BCUT2D eigenvalue weighted by molar-refractivity contribution is 5.85. The van der Waals surface area contributed by atoms with Crippen LogP contribution in [0.15, 0.2) is 0 Å². The molecule has 168 valence electrons. The molecule has 2 saturated heterocycles. The summed E-state index contributed by atoms with van der Waals surface area (Å²) >= 11 is 0. The van der Waals surface area contributed by atoms with Crippen molar-refractivity contribution >= 4 is 36.6 Å². The lowest BCUT2D eigenvalue weighted by molar-refractivity contribution is -0.140. The molecule has 4 fully saturated rings. The van der Waals surface area contributed by atoms with Crippen molar-refractivity contribution in [2.45, 2.75) is 45.6 Å². The molecule has 6 unspecified atom stereocenters. The normalized spacial score (nSPS) is 37.1. The molecule has 2 aliphatic heterocycles. The van der Waals surface area contributed by atoms with Crippen LogP contribution in [0.4, 0.5) is 0 Å². The van der Waals surface area contributed by atoms with Crippen LogP contribution in [0.3, 0.4) is 0 Å². The lowest BCUT2D eigenvalue weighted by Gasteiger charge is -2.40. The first-order chi connectivity index (χ1) is 12.9. The van der Waals surface area contributed by atoms with Crippen LogP contribution in [0, 0.1) is 29.6 Å². The number of nitrogens with zero attached hydrogens (tertiary/aromatic N) is 3. The fraction of sp³-hybridized carbons (Fsp3) is 0.905. The minimum absolute atomic E-state index is 0. The van der Waals surface area contributed by atoms with Crippen molar-refractivity contribution in [3.63, 3.8) is 0 Å². The highest BCUT2D eigenvalue weighted by Gasteiger charge is 2.50. The molecule has 2 bridgehead atoms. The van der Waals surface area contributed by atoms with Crippen molar-refractivity contribution in [2.24, 2.45) is 35.3 Å². The summed E-state index contributed by atoms with van der Waals surface area (Å²) < 4.78 is 0. The van der Waals surface area contributed by atoms with Gasteiger partial charge < -0.3 is 15.5 Å². The Balaban J connectivity index is 0.00000150. The van der Waals surface area contributed by atoms with E-state index in [2.05, 4.69) is 18.7 Å². The van der Waals surface area contributed by atoms with E-state index in [1.165, 1.54) is 19.3 Å². The first kappa shape index (κ1) is 24.7. The maximum Gasteiger partial charge on any atom is 0.236 e. The van der Waals surface area contributed by atoms with Gasteiger partial charge in [-0.3, -0.25) is 14.5 Å². The maximum absolute atomic E-state index is 13.0. The Hall–Kier alpha value is -0.560. The summed E-state index contributed by atoms with van der Waals surface area (Å²) in [5, 5.41) is 0. The second kappa shape index (κ2) is 10.2. The number of amides is 2. The van der Waals surface area contributed by atoms with Gasteiger partial charge in [-0.1, -0.05) is 13.8 Å². The van der Waals surface area contributed by atoms with Crippen LogP contribution in [0.1, 0.15) is 39.5 Å². The van der Waals surface area contributed by atoms with Gasteiger partial charge in [0.25, 0.3) is 0 Å². The van der Waals surface area contributed by atoms with E-state index in [-0.39, 0.29) is 48.6 Å². The minimum atomic E-state index is 0. The largest absolute Gasteiger partial charge is 0.341 e. The van der Waals surface area contributed by atoms with Gasteiger partial charge in [-0.05, 0) is 49.4 Å². The van der Waals surface area contributed by atoms with Crippen LogP contribution in [0.2, 0.25) is 0 Å². The number of carbonyl (C=O) groups is 2. The zero-order valence-electron chi connectivity index (χ0n) is 17.8. The molecule has 2 saturated carbocycles.